The van der Waals surface area contributed by atoms with Crippen molar-refractivity contribution in [1.29, 1.82) is 0 Å². The first-order chi connectivity index (χ1) is 10.0. The average Bonchev–Trinajstić information content (AvgIpc) is 2.86. The molecule has 3 N–H and O–H groups in total. The van der Waals surface area contributed by atoms with Crippen LogP contribution in [-0.4, -0.2) is 38.3 Å². The Morgan fingerprint density at radius 1 is 1.29 bits per heavy atom. The first-order valence-corrected chi connectivity index (χ1v) is 8.57. The van der Waals surface area contributed by atoms with Crippen LogP contribution in [0.25, 0.3) is 0 Å². The number of carbonyl (C=O) groups is 1. The number of sulfonamides is 1. The summed E-state index contributed by atoms with van der Waals surface area (Å²) in [5, 5.41) is 2.71. The fourth-order valence-electron chi connectivity index (χ4n) is 2.90. The molecule has 3 rings (SSSR count). The molecule has 0 unspecified atom stereocenters. The molecule has 114 valence electrons. The Bertz CT molecular complexity index is 664. The molecule has 1 saturated heterocycles. The number of amides is 1. The van der Waals surface area contributed by atoms with E-state index in [1.807, 2.05) is 0 Å². The van der Waals surface area contributed by atoms with Gasteiger partial charge in [0.15, 0.2) is 0 Å². The molecule has 1 amide bonds. The number of rotatable bonds is 3. The summed E-state index contributed by atoms with van der Waals surface area (Å²) in [5.74, 6) is 0.321. The highest BCUT2D eigenvalue weighted by atomic mass is 32.2. The van der Waals surface area contributed by atoms with Crippen LogP contribution >= 0.6 is 0 Å². The maximum Gasteiger partial charge on any atom is 0.243 e. The highest BCUT2D eigenvalue weighted by molar-refractivity contribution is 7.89. The third kappa shape index (κ3) is 2.68. The first kappa shape index (κ1) is 14.5. The zero-order valence-corrected chi connectivity index (χ0v) is 12.5. The molecule has 2 aliphatic heterocycles. The van der Waals surface area contributed by atoms with Gasteiger partial charge in [-0.05, 0) is 49.1 Å². The standard InChI is InChI=1S/C14H19N3O3S/c15-9-10-3-5-17(6-4-10)21(19,20)12-1-2-13-11(7-12)8-14(18)16-13/h1-2,7,10H,3-6,8-9,15H2,(H,16,18). The number of nitrogens with zero attached hydrogens (tertiary/aromatic N) is 1. The summed E-state index contributed by atoms with van der Waals surface area (Å²) in [7, 11) is -3.48. The molecule has 0 saturated carbocycles. The Balaban J connectivity index is 1.83. The van der Waals surface area contributed by atoms with Gasteiger partial charge >= 0.3 is 0 Å². The van der Waals surface area contributed by atoms with Crippen LogP contribution in [-0.2, 0) is 21.2 Å². The Labute approximate surface area is 124 Å². The van der Waals surface area contributed by atoms with Gasteiger partial charge in [0.2, 0.25) is 15.9 Å². The largest absolute Gasteiger partial charge is 0.330 e. The number of nitrogens with one attached hydrogen (secondary N) is 1. The molecular formula is C14H19N3O3S. The van der Waals surface area contributed by atoms with Gasteiger partial charge in [-0.3, -0.25) is 4.79 Å². The number of nitrogens with two attached hydrogens (primary N) is 1. The van der Waals surface area contributed by atoms with E-state index in [1.165, 1.54) is 4.31 Å². The van der Waals surface area contributed by atoms with Gasteiger partial charge in [0.1, 0.15) is 0 Å². The summed E-state index contributed by atoms with van der Waals surface area (Å²) in [5.41, 5.74) is 7.09. The van der Waals surface area contributed by atoms with Gasteiger partial charge in [0.25, 0.3) is 0 Å². The third-order valence-corrected chi connectivity index (χ3v) is 6.14. The average molecular weight is 309 g/mol. The number of hydrogen-bond donors (Lipinski definition) is 2. The summed E-state index contributed by atoms with van der Waals surface area (Å²) in [6, 6.07) is 4.84. The van der Waals surface area contributed by atoms with Gasteiger partial charge in [-0.1, -0.05) is 0 Å². The third-order valence-electron chi connectivity index (χ3n) is 4.25. The molecule has 2 heterocycles. The van der Waals surface area contributed by atoms with Gasteiger partial charge in [0.05, 0.1) is 11.3 Å². The smallest absolute Gasteiger partial charge is 0.243 e. The lowest BCUT2D eigenvalue weighted by atomic mass is 9.99. The van der Waals surface area contributed by atoms with Crippen LogP contribution in [0.3, 0.4) is 0 Å². The van der Waals surface area contributed by atoms with E-state index in [9.17, 15) is 13.2 Å². The van der Waals surface area contributed by atoms with Crippen LogP contribution in [0.4, 0.5) is 5.69 Å². The SMILES string of the molecule is NCC1CCN(S(=O)(=O)c2ccc3c(c2)CC(=O)N3)CC1. The summed E-state index contributed by atoms with van der Waals surface area (Å²) in [6.45, 7) is 1.64. The Morgan fingerprint density at radius 3 is 2.67 bits per heavy atom. The van der Waals surface area contributed by atoms with Gasteiger partial charge in [-0.15, -0.1) is 0 Å². The molecule has 0 radical (unpaired) electrons. The van der Waals surface area contributed by atoms with E-state index in [4.69, 9.17) is 5.73 Å². The van der Waals surface area contributed by atoms with Crippen LogP contribution in [0.5, 0.6) is 0 Å². The number of fused-ring (bicyclic) bond motifs is 1. The number of piperidine rings is 1. The molecule has 21 heavy (non-hydrogen) atoms. The maximum atomic E-state index is 12.7. The van der Waals surface area contributed by atoms with Crippen molar-refractivity contribution in [2.24, 2.45) is 11.7 Å². The Hall–Kier alpha value is -1.44. The summed E-state index contributed by atoms with van der Waals surface area (Å²) in [4.78, 5) is 11.6. The molecule has 1 aromatic rings. The van der Waals surface area contributed by atoms with Crippen molar-refractivity contribution >= 4 is 21.6 Å². The monoisotopic (exact) mass is 309 g/mol. The second kappa shape index (κ2) is 5.40. The topological polar surface area (TPSA) is 92.5 Å². The van der Waals surface area contributed by atoms with Gasteiger partial charge in [-0.2, -0.15) is 4.31 Å². The molecule has 0 aromatic heterocycles. The van der Waals surface area contributed by atoms with Crippen LogP contribution < -0.4 is 11.1 Å². The minimum absolute atomic E-state index is 0.0942. The fraction of sp³-hybridized carbons (Fsp3) is 0.500. The maximum absolute atomic E-state index is 12.7. The van der Waals surface area contributed by atoms with E-state index >= 15 is 0 Å². The van der Waals surface area contributed by atoms with E-state index in [0.29, 0.717) is 31.2 Å². The summed E-state index contributed by atoms with van der Waals surface area (Å²) >= 11 is 0. The molecule has 1 aromatic carbocycles. The summed E-state index contributed by atoms with van der Waals surface area (Å²) < 4.78 is 26.8. The van der Waals surface area contributed by atoms with Crippen LogP contribution in [0.1, 0.15) is 18.4 Å². The Morgan fingerprint density at radius 2 is 2.00 bits per heavy atom. The lowest BCUT2D eigenvalue weighted by molar-refractivity contribution is -0.115. The van der Waals surface area contributed by atoms with Gasteiger partial charge in [0, 0.05) is 18.8 Å². The number of carbonyl (C=O) groups excluding carboxylic acids is 1. The molecule has 0 atom stereocenters. The molecule has 0 spiro atoms. The normalized spacial score (nSPS) is 20.3. The van der Waals surface area contributed by atoms with E-state index in [2.05, 4.69) is 5.32 Å². The Kier molecular flexibility index (Phi) is 3.73. The van der Waals surface area contributed by atoms with Crippen LogP contribution in [0.2, 0.25) is 0 Å². The molecular weight excluding hydrogens is 290 g/mol. The van der Waals surface area contributed by atoms with E-state index in [0.717, 1.165) is 18.4 Å². The number of hydrogen-bond acceptors (Lipinski definition) is 4. The van der Waals surface area contributed by atoms with Crippen molar-refractivity contribution in [1.82, 2.24) is 4.31 Å². The molecule has 1 fully saturated rings. The minimum atomic E-state index is -3.48. The lowest BCUT2D eigenvalue weighted by Gasteiger charge is -2.30. The number of benzene rings is 1. The lowest BCUT2D eigenvalue weighted by Crippen LogP contribution is -2.40. The highest BCUT2D eigenvalue weighted by Gasteiger charge is 2.30. The molecule has 6 nitrogen and oxygen atoms in total. The van der Waals surface area contributed by atoms with Crippen molar-refractivity contribution in [3.05, 3.63) is 23.8 Å². The van der Waals surface area contributed by atoms with Crippen molar-refractivity contribution in [3.8, 4) is 0 Å². The van der Waals surface area contributed by atoms with Crippen molar-refractivity contribution in [2.75, 3.05) is 25.0 Å². The van der Waals surface area contributed by atoms with Crippen molar-refractivity contribution in [3.63, 3.8) is 0 Å². The van der Waals surface area contributed by atoms with E-state index in [1.54, 1.807) is 18.2 Å². The van der Waals surface area contributed by atoms with Crippen LogP contribution in [0, 0.1) is 5.92 Å². The van der Waals surface area contributed by atoms with Crippen molar-refractivity contribution < 1.29 is 13.2 Å². The van der Waals surface area contributed by atoms with Crippen molar-refractivity contribution in [2.45, 2.75) is 24.2 Å². The van der Waals surface area contributed by atoms with Crippen LogP contribution in [0.15, 0.2) is 23.1 Å². The zero-order valence-electron chi connectivity index (χ0n) is 11.7. The zero-order chi connectivity index (χ0) is 15.0. The van der Waals surface area contributed by atoms with E-state index < -0.39 is 10.0 Å². The molecule has 7 heteroatoms. The van der Waals surface area contributed by atoms with Gasteiger partial charge < -0.3 is 11.1 Å². The predicted molar refractivity (Wildman–Crippen MR) is 79.3 cm³/mol. The second-order valence-corrected chi connectivity index (χ2v) is 7.57. The number of anilines is 1. The highest BCUT2D eigenvalue weighted by Crippen LogP contribution is 2.29. The second-order valence-electron chi connectivity index (χ2n) is 5.63. The minimum Gasteiger partial charge on any atom is -0.330 e. The predicted octanol–water partition coefficient (Wildman–Crippen LogP) is 0.541. The molecule has 0 bridgehead atoms. The van der Waals surface area contributed by atoms with E-state index in [-0.39, 0.29) is 17.2 Å². The summed E-state index contributed by atoms with van der Waals surface area (Å²) in [6.07, 6.45) is 1.86. The van der Waals surface area contributed by atoms with Gasteiger partial charge in [-0.25, -0.2) is 8.42 Å². The molecule has 0 aliphatic carbocycles. The fourth-order valence-corrected chi connectivity index (χ4v) is 4.42. The molecule has 2 aliphatic rings. The quantitative estimate of drug-likeness (QED) is 0.852. The first-order valence-electron chi connectivity index (χ1n) is 7.13.